The van der Waals surface area contributed by atoms with Crippen molar-refractivity contribution < 1.29 is 9.32 Å². The number of hydrogen-bond acceptors (Lipinski definition) is 3. The molecule has 0 aliphatic heterocycles. The van der Waals surface area contributed by atoms with Gasteiger partial charge in [0.15, 0.2) is 11.5 Å². The summed E-state index contributed by atoms with van der Waals surface area (Å²) < 4.78 is 5.21. The molecule has 1 heterocycles. The molecule has 0 N–H and O–H groups in total. The zero-order chi connectivity index (χ0) is 13.0. The Balaban J connectivity index is 2.23. The molecule has 0 atom stereocenters. The van der Waals surface area contributed by atoms with E-state index in [2.05, 4.69) is 5.16 Å². The Morgan fingerprint density at radius 2 is 1.89 bits per heavy atom. The lowest BCUT2D eigenvalue weighted by Gasteiger charge is -2.16. The minimum Gasteiger partial charge on any atom is -0.355 e. The van der Waals surface area contributed by atoms with Crippen LogP contribution in [-0.2, 0) is 0 Å². The zero-order valence-corrected chi connectivity index (χ0v) is 10.6. The summed E-state index contributed by atoms with van der Waals surface area (Å²) in [5, 5.41) is 3.84. The maximum atomic E-state index is 12.1. The van der Waals surface area contributed by atoms with Crippen molar-refractivity contribution in [3.05, 3.63) is 42.1 Å². The molecule has 0 unspecified atom stereocenters. The van der Waals surface area contributed by atoms with Crippen LogP contribution < -0.4 is 0 Å². The zero-order valence-electron chi connectivity index (χ0n) is 10.6. The molecule has 0 aliphatic carbocycles. The number of aromatic nitrogens is 1. The molecule has 2 aromatic rings. The molecular weight excluding hydrogens is 228 g/mol. The normalized spacial score (nSPS) is 10.3. The molecule has 0 saturated heterocycles. The third kappa shape index (κ3) is 2.42. The van der Waals surface area contributed by atoms with Crippen molar-refractivity contribution in [3.8, 4) is 11.3 Å². The van der Waals surface area contributed by atoms with E-state index in [0.29, 0.717) is 24.5 Å². The molecule has 0 fully saturated rings. The van der Waals surface area contributed by atoms with Crippen LogP contribution in [0.4, 0.5) is 0 Å². The number of carbonyl (C=O) groups excluding carboxylic acids is 1. The molecule has 1 aromatic heterocycles. The van der Waals surface area contributed by atoms with Crippen molar-refractivity contribution in [3.63, 3.8) is 0 Å². The summed E-state index contributed by atoms with van der Waals surface area (Å²) in [7, 11) is 0. The molecular formula is C14H16N2O2. The van der Waals surface area contributed by atoms with Crippen molar-refractivity contribution in [1.82, 2.24) is 10.1 Å². The fourth-order valence-electron chi connectivity index (χ4n) is 1.79. The maximum Gasteiger partial charge on any atom is 0.276 e. The largest absolute Gasteiger partial charge is 0.355 e. The average Bonchev–Trinajstić information content (AvgIpc) is 2.90. The van der Waals surface area contributed by atoms with Gasteiger partial charge in [-0.25, -0.2) is 0 Å². The van der Waals surface area contributed by atoms with Gasteiger partial charge in [0.25, 0.3) is 5.91 Å². The number of hydrogen-bond donors (Lipinski definition) is 0. The predicted molar refractivity (Wildman–Crippen MR) is 69.2 cm³/mol. The number of benzene rings is 1. The van der Waals surface area contributed by atoms with Gasteiger partial charge >= 0.3 is 0 Å². The second-order valence-electron chi connectivity index (χ2n) is 3.92. The molecule has 0 bridgehead atoms. The smallest absolute Gasteiger partial charge is 0.276 e. The topological polar surface area (TPSA) is 46.3 Å². The first-order chi connectivity index (χ1) is 8.76. The molecule has 0 aliphatic rings. The van der Waals surface area contributed by atoms with Crippen molar-refractivity contribution >= 4 is 5.91 Å². The van der Waals surface area contributed by atoms with E-state index in [4.69, 9.17) is 4.52 Å². The quantitative estimate of drug-likeness (QED) is 0.830. The van der Waals surface area contributed by atoms with E-state index in [-0.39, 0.29) is 5.91 Å². The van der Waals surface area contributed by atoms with E-state index in [0.717, 1.165) is 5.56 Å². The number of rotatable bonds is 4. The van der Waals surface area contributed by atoms with Crippen LogP contribution in [0.25, 0.3) is 11.3 Å². The average molecular weight is 244 g/mol. The Morgan fingerprint density at radius 1 is 1.22 bits per heavy atom. The predicted octanol–water partition coefficient (Wildman–Crippen LogP) is 2.82. The summed E-state index contributed by atoms with van der Waals surface area (Å²) in [5.74, 6) is 0.525. The van der Waals surface area contributed by atoms with Gasteiger partial charge in [0.2, 0.25) is 0 Å². The second kappa shape index (κ2) is 5.49. The highest BCUT2D eigenvalue weighted by molar-refractivity contribution is 5.93. The molecule has 0 radical (unpaired) electrons. The lowest BCUT2D eigenvalue weighted by molar-refractivity contribution is 0.0762. The van der Waals surface area contributed by atoms with E-state index in [1.807, 2.05) is 44.2 Å². The van der Waals surface area contributed by atoms with Crippen LogP contribution in [-0.4, -0.2) is 29.1 Å². The van der Waals surface area contributed by atoms with Crippen LogP contribution >= 0.6 is 0 Å². The number of amides is 1. The third-order valence-electron chi connectivity index (χ3n) is 2.84. The standard InChI is InChI=1S/C14H16N2O2/c1-3-16(4-2)14(17)12-10-13(18-15-12)11-8-6-5-7-9-11/h5-10H,3-4H2,1-2H3. The highest BCUT2D eigenvalue weighted by Crippen LogP contribution is 2.20. The minimum atomic E-state index is -0.0917. The van der Waals surface area contributed by atoms with Crippen molar-refractivity contribution in [2.75, 3.05) is 13.1 Å². The van der Waals surface area contributed by atoms with Gasteiger partial charge in [-0.2, -0.15) is 0 Å². The lowest BCUT2D eigenvalue weighted by atomic mass is 10.1. The van der Waals surface area contributed by atoms with Gasteiger partial charge in [-0.15, -0.1) is 0 Å². The van der Waals surface area contributed by atoms with Crippen molar-refractivity contribution in [2.24, 2.45) is 0 Å². The summed E-state index contributed by atoms with van der Waals surface area (Å²) in [6.07, 6.45) is 0. The molecule has 4 heteroatoms. The molecule has 4 nitrogen and oxygen atoms in total. The first-order valence-corrected chi connectivity index (χ1v) is 6.07. The summed E-state index contributed by atoms with van der Waals surface area (Å²) in [6, 6.07) is 11.3. The van der Waals surface area contributed by atoms with Gasteiger partial charge in [0, 0.05) is 24.7 Å². The van der Waals surface area contributed by atoms with Gasteiger partial charge in [-0.3, -0.25) is 4.79 Å². The summed E-state index contributed by atoms with van der Waals surface area (Å²) >= 11 is 0. The number of nitrogens with zero attached hydrogens (tertiary/aromatic N) is 2. The van der Waals surface area contributed by atoms with Gasteiger partial charge in [0.1, 0.15) is 0 Å². The fraction of sp³-hybridized carbons (Fsp3) is 0.286. The summed E-state index contributed by atoms with van der Waals surface area (Å²) in [5.41, 5.74) is 1.28. The Bertz CT molecular complexity index is 516. The van der Waals surface area contributed by atoms with Crippen molar-refractivity contribution in [1.29, 1.82) is 0 Å². The maximum absolute atomic E-state index is 12.1. The van der Waals surface area contributed by atoms with E-state index < -0.39 is 0 Å². The summed E-state index contributed by atoms with van der Waals surface area (Å²) in [4.78, 5) is 13.8. The summed E-state index contributed by atoms with van der Waals surface area (Å²) in [6.45, 7) is 5.23. The van der Waals surface area contributed by atoms with Crippen LogP contribution in [0.2, 0.25) is 0 Å². The second-order valence-corrected chi connectivity index (χ2v) is 3.92. The van der Waals surface area contributed by atoms with Crippen LogP contribution in [0.15, 0.2) is 40.9 Å². The van der Waals surface area contributed by atoms with Gasteiger partial charge < -0.3 is 9.42 Å². The molecule has 0 spiro atoms. The van der Waals surface area contributed by atoms with Gasteiger partial charge in [0.05, 0.1) is 0 Å². The van der Waals surface area contributed by atoms with Crippen molar-refractivity contribution in [2.45, 2.75) is 13.8 Å². The molecule has 1 amide bonds. The first-order valence-electron chi connectivity index (χ1n) is 6.07. The van der Waals surface area contributed by atoms with E-state index in [1.165, 1.54) is 0 Å². The minimum absolute atomic E-state index is 0.0917. The highest BCUT2D eigenvalue weighted by atomic mass is 16.5. The first kappa shape index (κ1) is 12.4. The number of carbonyl (C=O) groups is 1. The Labute approximate surface area is 106 Å². The Morgan fingerprint density at radius 3 is 2.50 bits per heavy atom. The Kier molecular flexibility index (Phi) is 3.77. The molecule has 94 valence electrons. The SMILES string of the molecule is CCN(CC)C(=O)c1cc(-c2ccccc2)on1. The molecule has 2 rings (SSSR count). The van der Waals surface area contributed by atoms with E-state index >= 15 is 0 Å². The monoisotopic (exact) mass is 244 g/mol. The fourth-order valence-corrected chi connectivity index (χ4v) is 1.79. The third-order valence-corrected chi connectivity index (χ3v) is 2.84. The van der Waals surface area contributed by atoms with E-state index in [9.17, 15) is 4.79 Å². The van der Waals surface area contributed by atoms with Crippen LogP contribution in [0, 0.1) is 0 Å². The Hall–Kier alpha value is -2.10. The molecule has 18 heavy (non-hydrogen) atoms. The van der Waals surface area contributed by atoms with Crippen LogP contribution in [0.5, 0.6) is 0 Å². The highest BCUT2D eigenvalue weighted by Gasteiger charge is 2.17. The lowest BCUT2D eigenvalue weighted by Crippen LogP contribution is -2.30. The van der Waals surface area contributed by atoms with E-state index in [1.54, 1.807) is 11.0 Å². The van der Waals surface area contributed by atoms with Gasteiger partial charge in [-0.1, -0.05) is 35.5 Å². The van der Waals surface area contributed by atoms with Crippen LogP contribution in [0.1, 0.15) is 24.3 Å². The van der Waals surface area contributed by atoms with Gasteiger partial charge in [-0.05, 0) is 13.8 Å². The molecule has 0 saturated carbocycles. The van der Waals surface area contributed by atoms with Crippen LogP contribution in [0.3, 0.4) is 0 Å². The molecule has 1 aromatic carbocycles.